The van der Waals surface area contributed by atoms with Crippen LogP contribution in [0, 0.1) is 11.7 Å². The predicted octanol–water partition coefficient (Wildman–Crippen LogP) is 2.84. The first-order chi connectivity index (χ1) is 13.9. The molecule has 1 atom stereocenters. The van der Waals surface area contributed by atoms with Crippen LogP contribution < -0.4 is 10.2 Å². The number of nitrogens with zero attached hydrogens (tertiary/aromatic N) is 2. The Labute approximate surface area is 169 Å². The maximum Gasteiger partial charge on any atom is 0.243 e. The zero-order valence-electron chi connectivity index (χ0n) is 16.5. The van der Waals surface area contributed by atoms with E-state index in [0.717, 1.165) is 17.7 Å². The van der Waals surface area contributed by atoms with Crippen molar-refractivity contribution < 1.29 is 18.8 Å². The largest absolute Gasteiger partial charge is 0.336 e. The van der Waals surface area contributed by atoms with E-state index in [1.165, 1.54) is 29.0 Å². The molecule has 1 N–H and O–H groups in total. The molecule has 152 valence electrons. The number of aryl methyl sites for hydroxylation is 1. The van der Waals surface area contributed by atoms with E-state index in [1.807, 2.05) is 31.2 Å². The van der Waals surface area contributed by atoms with Gasteiger partial charge in [-0.3, -0.25) is 14.4 Å². The Morgan fingerprint density at radius 1 is 1.17 bits per heavy atom. The van der Waals surface area contributed by atoms with Crippen LogP contribution in [0.5, 0.6) is 0 Å². The molecule has 29 heavy (non-hydrogen) atoms. The van der Waals surface area contributed by atoms with Crippen molar-refractivity contribution in [3.8, 4) is 0 Å². The van der Waals surface area contributed by atoms with E-state index < -0.39 is 11.7 Å². The molecule has 1 saturated heterocycles. The Bertz CT molecular complexity index is 931. The second kappa shape index (κ2) is 8.86. The number of rotatable bonds is 6. The van der Waals surface area contributed by atoms with E-state index in [0.29, 0.717) is 0 Å². The summed E-state index contributed by atoms with van der Waals surface area (Å²) in [7, 11) is 1.53. The summed E-state index contributed by atoms with van der Waals surface area (Å²) >= 11 is 0. The second-order valence-corrected chi connectivity index (χ2v) is 7.11. The molecule has 0 saturated carbocycles. The van der Waals surface area contributed by atoms with Gasteiger partial charge in [-0.25, -0.2) is 4.39 Å². The quantitative estimate of drug-likeness (QED) is 0.815. The molecule has 3 amide bonds. The highest BCUT2D eigenvalue weighted by molar-refractivity contribution is 6.01. The fourth-order valence-electron chi connectivity index (χ4n) is 3.52. The van der Waals surface area contributed by atoms with Crippen molar-refractivity contribution >= 4 is 29.1 Å². The van der Waals surface area contributed by atoms with Gasteiger partial charge in [0, 0.05) is 25.7 Å². The molecule has 2 aromatic rings. The van der Waals surface area contributed by atoms with Gasteiger partial charge in [0.25, 0.3) is 0 Å². The summed E-state index contributed by atoms with van der Waals surface area (Å²) in [5.74, 6) is -2.03. The summed E-state index contributed by atoms with van der Waals surface area (Å²) in [6.07, 6.45) is 0.777. The van der Waals surface area contributed by atoms with Crippen LogP contribution in [0.4, 0.5) is 15.8 Å². The van der Waals surface area contributed by atoms with Gasteiger partial charge in [0.15, 0.2) is 0 Å². The van der Waals surface area contributed by atoms with Gasteiger partial charge in [-0.2, -0.15) is 0 Å². The maximum atomic E-state index is 14.0. The van der Waals surface area contributed by atoms with Crippen molar-refractivity contribution in [2.45, 2.75) is 19.8 Å². The number of halogens is 1. The van der Waals surface area contributed by atoms with Crippen LogP contribution in [-0.2, 0) is 20.8 Å². The Morgan fingerprint density at radius 2 is 1.86 bits per heavy atom. The summed E-state index contributed by atoms with van der Waals surface area (Å²) in [4.78, 5) is 40.0. The zero-order chi connectivity index (χ0) is 21.0. The standard InChI is InChI=1S/C22H24FN3O3/c1-3-15-8-4-6-10-18(15)24-20(27)14-25(2)22(29)16-12-21(28)26(13-16)19-11-7-5-9-17(19)23/h4-11,16H,3,12-14H2,1-2H3,(H,24,27). The van der Waals surface area contributed by atoms with Crippen molar-refractivity contribution in [1.29, 1.82) is 0 Å². The lowest BCUT2D eigenvalue weighted by Gasteiger charge is -2.21. The van der Waals surface area contributed by atoms with E-state index in [9.17, 15) is 18.8 Å². The number of para-hydroxylation sites is 2. The highest BCUT2D eigenvalue weighted by Gasteiger charge is 2.37. The second-order valence-electron chi connectivity index (χ2n) is 7.11. The van der Waals surface area contributed by atoms with Crippen molar-refractivity contribution in [2.24, 2.45) is 5.92 Å². The number of nitrogens with one attached hydrogen (secondary N) is 1. The van der Waals surface area contributed by atoms with Crippen LogP contribution in [0.2, 0.25) is 0 Å². The summed E-state index contributed by atoms with van der Waals surface area (Å²) in [5.41, 5.74) is 1.91. The van der Waals surface area contributed by atoms with E-state index in [-0.39, 0.29) is 42.9 Å². The van der Waals surface area contributed by atoms with Gasteiger partial charge in [-0.1, -0.05) is 37.3 Å². The lowest BCUT2D eigenvalue weighted by Crippen LogP contribution is -2.39. The molecule has 1 unspecified atom stereocenters. The number of amides is 3. The van der Waals surface area contributed by atoms with Crippen molar-refractivity contribution in [3.05, 3.63) is 59.9 Å². The van der Waals surface area contributed by atoms with Gasteiger partial charge in [-0.15, -0.1) is 0 Å². The number of hydrogen-bond donors (Lipinski definition) is 1. The Kier molecular flexibility index (Phi) is 6.26. The van der Waals surface area contributed by atoms with Crippen molar-refractivity contribution in [1.82, 2.24) is 4.90 Å². The molecule has 0 bridgehead atoms. The first-order valence-electron chi connectivity index (χ1n) is 9.58. The van der Waals surface area contributed by atoms with Gasteiger partial charge in [0.05, 0.1) is 18.2 Å². The van der Waals surface area contributed by atoms with E-state index >= 15 is 0 Å². The molecule has 1 heterocycles. The number of carbonyl (C=O) groups is 3. The molecule has 1 aliphatic rings. The minimum atomic E-state index is -0.608. The maximum absolute atomic E-state index is 14.0. The molecule has 6 nitrogen and oxygen atoms in total. The summed E-state index contributed by atoms with van der Waals surface area (Å²) in [5, 5.41) is 2.83. The van der Waals surface area contributed by atoms with Gasteiger partial charge >= 0.3 is 0 Å². The van der Waals surface area contributed by atoms with Crippen LogP contribution in [0.1, 0.15) is 18.9 Å². The minimum absolute atomic E-state index is 0.00219. The normalized spacial score (nSPS) is 16.0. The fourth-order valence-corrected chi connectivity index (χ4v) is 3.52. The average Bonchev–Trinajstić information content (AvgIpc) is 3.09. The lowest BCUT2D eigenvalue weighted by molar-refractivity contribution is -0.137. The third kappa shape index (κ3) is 4.62. The number of hydrogen-bond acceptors (Lipinski definition) is 3. The molecule has 1 fully saturated rings. The van der Waals surface area contributed by atoms with Crippen LogP contribution in [-0.4, -0.2) is 42.8 Å². The Morgan fingerprint density at radius 3 is 2.59 bits per heavy atom. The number of anilines is 2. The monoisotopic (exact) mass is 397 g/mol. The Balaban J connectivity index is 1.61. The van der Waals surface area contributed by atoms with Crippen LogP contribution in [0.15, 0.2) is 48.5 Å². The van der Waals surface area contributed by atoms with Crippen LogP contribution in [0.3, 0.4) is 0 Å². The third-order valence-corrected chi connectivity index (χ3v) is 5.05. The average molecular weight is 397 g/mol. The van der Waals surface area contributed by atoms with Crippen molar-refractivity contribution in [3.63, 3.8) is 0 Å². The van der Waals surface area contributed by atoms with Gasteiger partial charge in [-0.05, 0) is 30.2 Å². The smallest absolute Gasteiger partial charge is 0.243 e. The minimum Gasteiger partial charge on any atom is -0.336 e. The summed E-state index contributed by atoms with van der Waals surface area (Å²) in [6, 6.07) is 13.5. The lowest BCUT2D eigenvalue weighted by atomic mass is 10.1. The first kappa shape index (κ1) is 20.5. The molecular formula is C22H24FN3O3. The molecule has 0 radical (unpaired) electrons. The zero-order valence-corrected chi connectivity index (χ0v) is 16.5. The topological polar surface area (TPSA) is 69.7 Å². The fraction of sp³-hybridized carbons (Fsp3) is 0.318. The number of carbonyl (C=O) groups excluding carboxylic acids is 3. The third-order valence-electron chi connectivity index (χ3n) is 5.05. The van der Waals surface area contributed by atoms with Crippen LogP contribution >= 0.6 is 0 Å². The molecule has 1 aliphatic heterocycles. The molecule has 0 aromatic heterocycles. The van der Waals surface area contributed by atoms with Crippen molar-refractivity contribution in [2.75, 3.05) is 30.4 Å². The molecular weight excluding hydrogens is 373 g/mol. The van der Waals surface area contributed by atoms with Gasteiger partial charge in [0.2, 0.25) is 17.7 Å². The molecule has 2 aromatic carbocycles. The van der Waals surface area contributed by atoms with Gasteiger partial charge in [0.1, 0.15) is 5.82 Å². The van der Waals surface area contributed by atoms with Crippen LogP contribution in [0.25, 0.3) is 0 Å². The van der Waals surface area contributed by atoms with E-state index in [4.69, 9.17) is 0 Å². The van der Waals surface area contributed by atoms with E-state index in [1.54, 1.807) is 12.1 Å². The molecule has 3 rings (SSSR count). The SMILES string of the molecule is CCc1ccccc1NC(=O)CN(C)C(=O)C1CC(=O)N(c2ccccc2F)C1. The molecule has 7 heteroatoms. The highest BCUT2D eigenvalue weighted by atomic mass is 19.1. The summed E-state index contributed by atoms with van der Waals surface area (Å²) < 4.78 is 14.0. The van der Waals surface area contributed by atoms with E-state index in [2.05, 4.69) is 5.32 Å². The summed E-state index contributed by atoms with van der Waals surface area (Å²) in [6.45, 7) is 1.98. The number of likely N-dealkylation sites (N-methyl/N-ethyl adjacent to an activating group) is 1. The predicted molar refractivity (Wildman–Crippen MR) is 109 cm³/mol. The highest BCUT2D eigenvalue weighted by Crippen LogP contribution is 2.28. The Hall–Kier alpha value is -3.22. The molecule has 0 spiro atoms. The number of benzene rings is 2. The van der Waals surface area contributed by atoms with Gasteiger partial charge < -0.3 is 15.1 Å². The first-order valence-corrected chi connectivity index (χ1v) is 9.58. The molecule has 0 aliphatic carbocycles.